The van der Waals surface area contributed by atoms with Crippen LogP contribution in [0.25, 0.3) is 0 Å². The van der Waals surface area contributed by atoms with E-state index in [0.717, 1.165) is 11.1 Å². The fourth-order valence-electron chi connectivity index (χ4n) is 3.62. The van der Waals surface area contributed by atoms with Gasteiger partial charge in [0.05, 0.1) is 7.11 Å². The summed E-state index contributed by atoms with van der Waals surface area (Å²) >= 11 is 0. The maximum Gasteiger partial charge on any atom is 0.220 e. The van der Waals surface area contributed by atoms with Gasteiger partial charge in [-0.05, 0) is 42.5 Å². The molecule has 0 radical (unpaired) electrons. The number of ether oxygens (including phenoxy) is 1. The first kappa shape index (κ1) is 19.9. The number of halogens is 1. The van der Waals surface area contributed by atoms with Crippen molar-refractivity contribution in [2.45, 2.75) is 44.2 Å². The molecule has 6 heteroatoms. The molecule has 1 saturated heterocycles. The van der Waals surface area contributed by atoms with Gasteiger partial charge in [0.2, 0.25) is 11.8 Å². The second-order valence-corrected chi connectivity index (χ2v) is 7.24. The summed E-state index contributed by atoms with van der Waals surface area (Å²) in [5.74, 6) is -0.312. The normalized spacial score (nSPS) is 18.6. The van der Waals surface area contributed by atoms with E-state index in [2.05, 4.69) is 10.6 Å². The first-order valence-corrected chi connectivity index (χ1v) is 9.44. The van der Waals surface area contributed by atoms with Crippen molar-refractivity contribution in [3.05, 3.63) is 65.5 Å². The Bertz CT molecular complexity index is 841. The largest absolute Gasteiger partial charge is 0.494 e. The Morgan fingerprint density at radius 1 is 1.21 bits per heavy atom. The van der Waals surface area contributed by atoms with Crippen LogP contribution in [0, 0.1) is 5.82 Å². The van der Waals surface area contributed by atoms with Crippen LogP contribution in [-0.2, 0) is 22.6 Å². The smallest absolute Gasteiger partial charge is 0.220 e. The van der Waals surface area contributed by atoms with Crippen LogP contribution in [0.15, 0.2) is 48.5 Å². The standard InChI is InChI=1S/C22H25FN2O3/c1-28-19-13-17(7-8-18(19)23)14-22(12-10-21(27)25-22)11-9-20(26)24-15-16-5-3-2-4-6-16/h2-8,13H,9-12,14-15H2,1H3,(H,24,26)(H,25,27)/t22-/m0/s1. The number of hydrogen-bond donors (Lipinski definition) is 2. The van der Waals surface area contributed by atoms with E-state index < -0.39 is 11.4 Å². The van der Waals surface area contributed by atoms with Crippen molar-refractivity contribution >= 4 is 11.8 Å². The van der Waals surface area contributed by atoms with Crippen LogP contribution in [0.5, 0.6) is 5.75 Å². The lowest BCUT2D eigenvalue weighted by Gasteiger charge is -2.29. The highest BCUT2D eigenvalue weighted by Gasteiger charge is 2.38. The molecule has 2 amide bonds. The summed E-state index contributed by atoms with van der Waals surface area (Å²) in [7, 11) is 1.42. The van der Waals surface area contributed by atoms with Crippen LogP contribution in [0.3, 0.4) is 0 Å². The Morgan fingerprint density at radius 2 is 2.00 bits per heavy atom. The highest BCUT2D eigenvalue weighted by molar-refractivity contribution is 5.80. The van der Waals surface area contributed by atoms with E-state index >= 15 is 0 Å². The molecular weight excluding hydrogens is 359 g/mol. The number of nitrogens with one attached hydrogen (secondary N) is 2. The summed E-state index contributed by atoms with van der Waals surface area (Å²) in [5.41, 5.74) is 1.41. The lowest BCUT2D eigenvalue weighted by Crippen LogP contribution is -2.44. The van der Waals surface area contributed by atoms with Gasteiger partial charge in [0.25, 0.3) is 0 Å². The lowest BCUT2D eigenvalue weighted by atomic mass is 9.85. The molecule has 1 heterocycles. The highest BCUT2D eigenvalue weighted by atomic mass is 19.1. The molecule has 148 valence electrons. The molecule has 0 aromatic heterocycles. The SMILES string of the molecule is COc1cc(C[C@]2(CCC(=O)NCc3ccccc3)CCC(=O)N2)ccc1F. The van der Waals surface area contributed by atoms with Gasteiger partial charge in [-0.1, -0.05) is 36.4 Å². The zero-order chi connectivity index (χ0) is 20.0. The van der Waals surface area contributed by atoms with Gasteiger partial charge in [0.15, 0.2) is 11.6 Å². The highest BCUT2D eigenvalue weighted by Crippen LogP contribution is 2.31. The van der Waals surface area contributed by atoms with Crippen molar-refractivity contribution in [3.63, 3.8) is 0 Å². The minimum Gasteiger partial charge on any atom is -0.494 e. The number of carbonyl (C=O) groups is 2. The van der Waals surface area contributed by atoms with E-state index in [4.69, 9.17) is 4.74 Å². The molecule has 2 N–H and O–H groups in total. The molecule has 0 aliphatic carbocycles. The molecule has 0 spiro atoms. The topological polar surface area (TPSA) is 67.4 Å². The van der Waals surface area contributed by atoms with Crippen molar-refractivity contribution in [3.8, 4) is 5.75 Å². The van der Waals surface area contributed by atoms with Gasteiger partial charge in [-0.15, -0.1) is 0 Å². The molecular formula is C22H25FN2O3. The lowest BCUT2D eigenvalue weighted by molar-refractivity contribution is -0.122. The zero-order valence-electron chi connectivity index (χ0n) is 16.0. The van der Waals surface area contributed by atoms with E-state index in [9.17, 15) is 14.0 Å². The Hall–Kier alpha value is -2.89. The molecule has 1 atom stereocenters. The van der Waals surface area contributed by atoms with Crippen LogP contribution in [0.4, 0.5) is 4.39 Å². The van der Waals surface area contributed by atoms with Gasteiger partial charge in [0.1, 0.15) is 0 Å². The van der Waals surface area contributed by atoms with Crippen molar-refractivity contribution in [2.75, 3.05) is 7.11 Å². The third-order valence-electron chi connectivity index (χ3n) is 5.16. The molecule has 2 aromatic carbocycles. The summed E-state index contributed by atoms with van der Waals surface area (Å²) in [4.78, 5) is 24.2. The molecule has 1 fully saturated rings. The van der Waals surface area contributed by atoms with E-state index in [1.165, 1.54) is 13.2 Å². The summed E-state index contributed by atoms with van der Waals surface area (Å²) in [6.07, 6.45) is 2.45. The Balaban J connectivity index is 1.61. The molecule has 28 heavy (non-hydrogen) atoms. The first-order valence-electron chi connectivity index (χ1n) is 9.44. The second-order valence-electron chi connectivity index (χ2n) is 7.24. The van der Waals surface area contributed by atoms with Crippen LogP contribution in [0.1, 0.15) is 36.8 Å². The first-order chi connectivity index (χ1) is 13.5. The molecule has 5 nitrogen and oxygen atoms in total. The Kier molecular flexibility index (Phi) is 6.29. The van der Waals surface area contributed by atoms with E-state index in [-0.39, 0.29) is 17.6 Å². The molecule has 0 bridgehead atoms. The number of benzene rings is 2. The fourth-order valence-corrected chi connectivity index (χ4v) is 3.62. The van der Waals surface area contributed by atoms with Gasteiger partial charge in [-0.25, -0.2) is 4.39 Å². The average molecular weight is 384 g/mol. The van der Waals surface area contributed by atoms with Crippen molar-refractivity contribution in [1.29, 1.82) is 0 Å². The summed E-state index contributed by atoms with van der Waals surface area (Å²) < 4.78 is 18.7. The molecule has 0 saturated carbocycles. The summed E-state index contributed by atoms with van der Waals surface area (Å²) in [6, 6.07) is 14.4. The van der Waals surface area contributed by atoms with Crippen LogP contribution >= 0.6 is 0 Å². The summed E-state index contributed by atoms with van der Waals surface area (Å²) in [5, 5.41) is 5.96. The molecule has 2 aromatic rings. The van der Waals surface area contributed by atoms with Crippen molar-refractivity contribution in [1.82, 2.24) is 10.6 Å². The second kappa shape index (κ2) is 8.87. The molecule has 0 unspecified atom stereocenters. The summed E-state index contributed by atoms with van der Waals surface area (Å²) in [6.45, 7) is 0.480. The zero-order valence-corrected chi connectivity index (χ0v) is 16.0. The van der Waals surface area contributed by atoms with Gasteiger partial charge >= 0.3 is 0 Å². The predicted octanol–water partition coefficient (Wildman–Crippen LogP) is 3.12. The third kappa shape index (κ3) is 5.09. The fraction of sp³-hybridized carbons (Fsp3) is 0.364. The van der Waals surface area contributed by atoms with Gasteiger partial charge in [-0.2, -0.15) is 0 Å². The Morgan fingerprint density at radius 3 is 2.68 bits per heavy atom. The number of methoxy groups -OCH3 is 1. The van der Waals surface area contributed by atoms with Gasteiger partial charge < -0.3 is 15.4 Å². The van der Waals surface area contributed by atoms with Crippen LogP contribution in [0.2, 0.25) is 0 Å². The average Bonchev–Trinajstić information content (AvgIpc) is 3.08. The van der Waals surface area contributed by atoms with E-state index in [0.29, 0.717) is 38.6 Å². The molecule has 3 rings (SSSR count). The van der Waals surface area contributed by atoms with E-state index in [1.54, 1.807) is 12.1 Å². The third-order valence-corrected chi connectivity index (χ3v) is 5.16. The number of rotatable bonds is 8. The minimum absolute atomic E-state index is 0.0150. The monoisotopic (exact) mass is 384 g/mol. The van der Waals surface area contributed by atoms with E-state index in [1.807, 2.05) is 30.3 Å². The Labute approximate surface area is 164 Å². The van der Waals surface area contributed by atoms with Gasteiger partial charge in [0, 0.05) is 24.9 Å². The van der Waals surface area contributed by atoms with Crippen molar-refractivity contribution < 1.29 is 18.7 Å². The van der Waals surface area contributed by atoms with Crippen LogP contribution in [-0.4, -0.2) is 24.5 Å². The van der Waals surface area contributed by atoms with Crippen LogP contribution < -0.4 is 15.4 Å². The number of hydrogen-bond acceptors (Lipinski definition) is 3. The van der Waals surface area contributed by atoms with Gasteiger partial charge in [-0.3, -0.25) is 9.59 Å². The minimum atomic E-state index is -0.496. The maximum absolute atomic E-state index is 13.7. The quantitative estimate of drug-likeness (QED) is 0.735. The molecule has 1 aliphatic heterocycles. The molecule has 1 aliphatic rings. The number of carbonyl (C=O) groups excluding carboxylic acids is 2. The number of amides is 2. The maximum atomic E-state index is 13.7. The van der Waals surface area contributed by atoms with Crippen molar-refractivity contribution in [2.24, 2.45) is 0 Å². The predicted molar refractivity (Wildman–Crippen MR) is 104 cm³/mol.